The van der Waals surface area contributed by atoms with Gasteiger partial charge in [-0.1, -0.05) is 0 Å². The lowest BCUT2D eigenvalue weighted by molar-refractivity contribution is -0.209. The van der Waals surface area contributed by atoms with Crippen molar-refractivity contribution in [2.24, 2.45) is 5.41 Å². The van der Waals surface area contributed by atoms with E-state index in [9.17, 15) is 23.1 Å². The molecular formula is C15H25F3N2O3. The molecule has 23 heavy (non-hydrogen) atoms. The Morgan fingerprint density at radius 2 is 1.87 bits per heavy atom. The van der Waals surface area contributed by atoms with Crippen molar-refractivity contribution in [1.82, 2.24) is 9.80 Å². The molecule has 2 aliphatic rings. The van der Waals surface area contributed by atoms with Crippen molar-refractivity contribution in [3.8, 4) is 0 Å². The number of hydrogen-bond donors (Lipinski definition) is 2. The first kappa shape index (κ1) is 18.5. The van der Waals surface area contributed by atoms with Crippen LogP contribution in [0.25, 0.3) is 0 Å². The van der Waals surface area contributed by atoms with Crippen LogP contribution in [0.2, 0.25) is 0 Å². The molecule has 2 rings (SSSR count). The molecule has 2 N–H and O–H groups in total. The average Bonchev–Trinajstić information content (AvgIpc) is 2.50. The Hall–Kier alpha value is -0.860. The van der Waals surface area contributed by atoms with Gasteiger partial charge in [0.25, 0.3) is 0 Å². The molecule has 0 radical (unpaired) electrons. The summed E-state index contributed by atoms with van der Waals surface area (Å²) in [7, 11) is 0. The fourth-order valence-corrected chi connectivity index (χ4v) is 3.53. The number of likely N-dealkylation sites (tertiary alicyclic amines) is 2. The van der Waals surface area contributed by atoms with E-state index in [1.807, 2.05) is 0 Å². The molecule has 0 aromatic heterocycles. The molecule has 5 nitrogen and oxygen atoms in total. The van der Waals surface area contributed by atoms with Crippen LogP contribution in [0.1, 0.15) is 32.1 Å². The van der Waals surface area contributed by atoms with Crippen LogP contribution >= 0.6 is 0 Å². The number of carbonyl (C=O) groups excluding carboxylic acids is 1. The number of halogens is 3. The highest BCUT2D eigenvalue weighted by Crippen LogP contribution is 2.40. The zero-order chi connectivity index (χ0) is 17.1. The number of hydrogen-bond acceptors (Lipinski definition) is 4. The summed E-state index contributed by atoms with van der Waals surface area (Å²) in [6.07, 6.45) is -3.61. The van der Waals surface area contributed by atoms with Crippen molar-refractivity contribution >= 4 is 5.91 Å². The lowest BCUT2D eigenvalue weighted by Crippen LogP contribution is -2.53. The van der Waals surface area contributed by atoms with Crippen molar-refractivity contribution in [3.63, 3.8) is 0 Å². The molecule has 2 aliphatic heterocycles. The molecule has 0 bridgehead atoms. The number of amides is 1. The van der Waals surface area contributed by atoms with E-state index in [1.165, 1.54) is 0 Å². The number of aliphatic hydroxyl groups excluding tert-OH is 2. The van der Waals surface area contributed by atoms with Crippen LogP contribution in [0.3, 0.4) is 0 Å². The summed E-state index contributed by atoms with van der Waals surface area (Å²) in [6, 6.07) is 0. The quantitative estimate of drug-likeness (QED) is 0.785. The molecule has 134 valence electrons. The maximum absolute atomic E-state index is 12.4. The Bertz CT molecular complexity index is 409. The summed E-state index contributed by atoms with van der Waals surface area (Å²) < 4.78 is 37.3. The fourth-order valence-electron chi connectivity index (χ4n) is 3.53. The van der Waals surface area contributed by atoms with Crippen LogP contribution in [0.4, 0.5) is 13.2 Å². The molecule has 1 atom stereocenters. The molecule has 0 aromatic carbocycles. The molecule has 2 saturated heterocycles. The summed E-state index contributed by atoms with van der Waals surface area (Å²) in [5, 5.41) is 18.1. The Kier molecular flexibility index (Phi) is 5.91. The minimum absolute atomic E-state index is 0.0248. The van der Waals surface area contributed by atoms with E-state index in [1.54, 1.807) is 9.80 Å². The summed E-state index contributed by atoms with van der Waals surface area (Å²) in [6.45, 7) is 1.84. The third kappa shape index (κ3) is 4.81. The largest absolute Gasteiger partial charge is 0.415 e. The molecule has 8 heteroatoms. The number of rotatable bonds is 5. The molecule has 2 fully saturated rings. The SMILES string of the molecule is O=C1CCC2(CCN(C[C@H](O)C(F)(F)F)CC2)CN1CCCO. The highest BCUT2D eigenvalue weighted by Gasteiger charge is 2.43. The molecule has 1 spiro atoms. The van der Waals surface area contributed by atoms with Crippen LogP contribution in [0.15, 0.2) is 0 Å². The van der Waals surface area contributed by atoms with Crippen molar-refractivity contribution < 1.29 is 28.2 Å². The minimum atomic E-state index is -4.58. The van der Waals surface area contributed by atoms with E-state index in [0.29, 0.717) is 39.0 Å². The Labute approximate surface area is 134 Å². The van der Waals surface area contributed by atoms with Gasteiger partial charge in [-0.2, -0.15) is 13.2 Å². The predicted octanol–water partition coefficient (Wildman–Crippen LogP) is 0.997. The maximum atomic E-state index is 12.4. The Morgan fingerprint density at radius 1 is 1.22 bits per heavy atom. The predicted molar refractivity (Wildman–Crippen MR) is 77.7 cm³/mol. The number of piperidine rings is 2. The average molecular weight is 338 g/mol. The zero-order valence-electron chi connectivity index (χ0n) is 13.2. The topological polar surface area (TPSA) is 64.0 Å². The van der Waals surface area contributed by atoms with Crippen molar-refractivity contribution in [3.05, 3.63) is 0 Å². The van der Waals surface area contributed by atoms with Crippen LogP contribution in [0.5, 0.6) is 0 Å². The molecule has 1 amide bonds. The van der Waals surface area contributed by atoms with Gasteiger partial charge in [-0.15, -0.1) is 0 Å². The number of carbonyl (C=O) groups is 1. The monoisotopic (exact) mass is 338 g/mol. The van der Waals surface area contributed by atoms with Crippen LogP contribution in [-0.4, -0.2) is 77.5 Å². The van der Waals surface area contributed by atoms with E-state index >= 15 is 0 Å². The van der Waals surface area contributed by atoms with E-state index < -0.39 is 12.3 Å². The van der Waals surface area contributed by atoms with Gasteiger partial charge < -0.3 is 20.0 Å². The molecule has 0 unspecified atom stereocenters. The van der Waals surface area contributed by atoms with Crippen LogP contribution in [-0.2, 0) is 4.79 Å². The van der Waals surface area contributed by atoms with Gasteiger partial charge in [0.05, 0.1) is 0 Å². The third-order valence-electron chi connectivity index (χ3n) is 5.06. The molecule has 0 saturated carbocycles. The van der Waals surface area contributed by atoms with E-state index in [-0.39, 0.29) is 24.5 Å². The summed E-state index contributed by atoms with van der Waals surface area (Å²) >= 11 is 0. The van der Waals surface area contributed by atoms with Gasteiger partial charge in [0.15, 0.2) is 6.10 Å². The second kappa shape index (κ2) is 7.36. The first-order chi connectivity index (χ1) is 10.8. The standard InChI is InChI=1S/C15H25F3N2O3/c16-15(17,18)12(22)10-19-7-4-14(5-8-19)3-2-13(23)20(11-14)6-1-9-21/h12,21-22H,1-11H2/t12-/m0/s1. The summed E-state index contributed by atoms with van der Waals surface area (Å²) in [5.41, 5.74) is -0.0248. The number of aliphatic hydroxyl groups is 2. The van der Waals surface area contributed by atoms with Gasteiger partial charge in [-0.3, -0.25) is 4.79 Å². The number of nitrogens with zero attached hydrogens (tertiary/aromatic N) is 2. The van der Waals surface area contributed by atoms with Crippen molar-refractivity contribution in [2.45, 2.75) is 44.4 Å². The van der Waals surface area contributed by atoms with Crippen LogP contribution < -0.4 is 0 Å². The second-order valence-electron chi connectivity index (χ2n) is 6.75. The Morgan fingerprint density at radius 3 is 2.43 bits per heavy atom. The van der Waals surface area contributed by atoms with E-state index in [2.05, 4.69) is 0 Å². The van der Waals surface area contributed by atoms with Gasteiger partial charge in [-0.05, 0) is 44.2 Å². The first-order valence-corrected chi connectivity index (χ1v) is 8.11. The van der Waals surface area contributed by atoms with Gasteiger partial charge in [0, 0.05) is 32.7 Å². The van der Waals surface area contributed by atoms with Gasteiger partial charge in [-0.25, -0.2) is 0 Å². The second-order valence-corrected chi connectivity index (χ2v) is 6.75. The molecule has 0 aliphatic carbocycles. The smallest absolute Gasteiger partial charge is 0.396 e. The van der Waals surface area contributed by atoms with E-state index in [0.717, 1.165) is 19.3 Å². The lowest BCUT2D eigenvalue weighted by Gasteiger charge is -2.47. The highest BCUT2D eigenvalue weighted by atomic mass is 19.4. The maximum Gasteiger partial charge on any atom is 0.415 e. The first-order valence-electron chi connectivity index (χ1n) is 8.11. The van der Waals surface area contributed by atoms with Gasteiger partial charge in [0.2, 0.25) is 5.91 Å². The Balaban J connectivity index is 1.86. The molecule has 0 aromatic rings. The minimum Gasteiger partial charge on any atom is -0.396 e. The fraction of sp³-hybridized carbons (Fsp3) is 0.933. The number of alkyl halides is 3. The number of β-amino-alcohol motifs (C(OH)–C–C–N with tert-alkyl or cyclic N) is 1. The molecular weight excluding hydrogens is 313 g/mol. The van der Waals surface area contributed by atoms with E-state index in [4.69, 9.17) is 5.11 Å². The van der Waals surface area contributed by atoms with Crippen LogP contribution in [0, 0.1) is 5.41 Å². The normalized spacial score (nSPS) is 24.2. The lowest BCUT2D eigenvalue weighted by atomic mass is 9.72. The summed E-state index contributed by atoms with van der Waals surface area (Å²) in [4.78, 5) is 15.4. The zero-order valence-corrected chi connectivity index (χ0v) is 13.2. The van der Waals surface area contributed by atoms with Gasteiger partial charge in [0.1, 0.15) is 0 Å². The van der Waals surface area contributed by atoms with Crippen molar-refractivity contribution in [2.75, 3.05) is 39.3 Å². The third-order valence-corrected chi connectivity index (χ3v) is 5.06. The summed E-state index contributed by atoms with van der Waals surface area (Å²) in [5.74, 6) is 0.0963. The molecule has 2 heterocycles. The van der Waals surface area contributed by atoms with Gasteiger partial charge >= 0.3 is 6.18 Å². The van der Waals surface area contributed by atoms with Crippen molar-refractivity contribution in [1.29, 1.82) is 0 Å². The highest BCUT2D eigenvalue weighted by molar-refractivity contribution is 5.77.